The number of aromatic nitrogens is 4. The number of hydrogen-bond donors (Lipinski definition) is 0. The molecule has 3 aromatic carbocycles. The summed E-state index contributed by atoms with van der Waals surface area (Å²) >= 11 is 0. The summed E-state index contributed by atoms with van der Waals surface area (Å²) in [6, 6.07) is 20.4. The van der Waals surface area contributed by atoms with E-state index in [1.54, 1.807) is 40.0 Å². The van der Waals surface area contributed by atoms with Crippen molar-refractivity contribution in [1.29, 1.82) is 0 Å². The van der Waals surface area contributed by atoms with E-state index >= 15 is 0 Å². The van der Waals surface area contributed by atoms with Crippen molar-refractivity contribution in [2.45, 2.75) is 31.6 Å². The van der Waals surface area contributed by atoms with Gasteiger partial charge >= 0.3 is 0 Å². The van der Waals surface area contributed by atoms with Crippen molar-refractivity contribution in [2.24, 2.45) is 5.92 Å². The zero-order valence-electron chi connectivity index (χ0n) is 24.9. The minimum absolute atomic E-state index is 0.0382. The molecule has 5 aromatic rings. The van der Waals surface area contributed by atoms with Gasteiger partial charge in [-0.25, -0.2) is 18.9 Å². The average Bonchev–Trinajstić information content (AvgIpc) is 3.02. The van der Waals surface area contributed by atoms with E-state index in [-0.39, 0.29) is 5.91 Å². The molecule has 10 nitrogen and oxygen atoms in total. The minimum Gasteiger partial charge on any atom is -0.497 e. The van der Waals surface area contributed by atoms with Gasteiger partial charge in [0.25, 0.3) is 0 Å². The highest BCUT2D eigenvalue weighted by molar-refractivity contribution is 7.83. The van der Waals surface area contributed by atoms with Gasteiger partial charge < -0.3 is 14.4 Å². The highest BCUT2D eigenvalue weighted by Gasteiger charge is 2.27. The number of carbonyl (C=O) groups is 1. The Balaban J connectivity index is 1.40. The molecule has 0 spiro atoms. The van der Waals surface area contributed by atoms with E-state index in [0.717, 1.165) is 25.0 Å². The molecule has 3 heterocycles. The summed E-state index contributed by atoms with van der Waals surface area (Å²) in [6.07, 6.45) is 2.32. The van der Waals surface area contributed by atoms with Gasteiger partial charge in [-0.05, 0) is 62.6 Å². The van der Waals surface area contributed by atoms with Crippen LogP contribution in [0.5, 0.6) is 11.5 Å². The second-order valence-electron chi connectivity index (χ2n) is 10.9. The fourth-order valence-corrected chi connectivity index (χ4v) is 6.97. The molecule has 2 unspecified atom stereocenters. The number of anilines is 1. The van der Waals surface area contributed by atoms with Crippen molar-refractivity contribution in [3.8, 4) is 17.2 Å². The summed E-state index contributed by atoms with van der Waals surface area (Å²) in [4.78, 5) is 27.6. The van der Waals surface area contributed by atoms with E-state index in [1.807, 2.05) is 61.5 Å². The van der Waals surface area contributed by atoms with Crippen LogP contribution in [0.2, 0.25) is 0 Å². The maximum atomic E-state index is 14.4. The third kappa shape index (κ3) is 5.62. The maximum absolute atomic E-state index is 14.4. The predicted octanol–water partition coefficient (Wildman–Crippen LogP) is 5.05. The maximum Gasteiger partial charge on any atom is 0.241 e. The van der Waals surface area contributed by atoms with Crippen LogP contribution in [0.3, 0.4) is 0 Å². The number of fused-ring (bicyclic) bond motifs is 2. The topological polar surface area (TPSA) is 94.7 Å². The molecule has 1 saturated heterocycles. The van der Waals surface area contributed by atoms with Crippen LogP contribution in [-0.2, 0) is 15.8 Å². The Kier molecular flexibility index (Phi) is 8.18. The van der Waals surface area contributed by atoms with E-state index < -0.39 is 11.0 Å². The lowest BCUT2D eigenvalue weighted by Gasteiger charge is -2.32. The molecule has 1 aliphatic rings. The van der Waals surface area contributed by atoms with Crippen LogP contribution in [0, 0.1) is 5.92 Å². The molecule has 0 N–H and O–H groups in total. The number of methoxy groups -OCH3 is 2. The normalized spacial score (nSPS) is 16.4. The Bertz CT molecular complexity index is 1790. The Morgan fingerprint density at radius 3 is 2.33 bits per heavy atom. The number of ether oxygens (including phenoxy) is 2. The molecule has 11 heteroatoms. The number of piperidine rings is 1. The number of likely N-dealkylation sites (N-methyl/N-ethyl adjacent to an activating group) is 1. The van der Waals surface area contributed by atoms with Gasteiger partial charge in [-0.2, -0.15) is 4.09 Å². The minimum atomic E-state index is -1.72. The first-order valence-corrected chi connectivity index (χ1v) is 15.7. The van der Waals surface area contributed by atoms with Gasteiger partial charge in [0.05, 0.1) is 42.4 Å². The molecule has 1 fully saturated rings. The van der Waals surface area contributed by atoms with Gasteiger partial charge in [-0.15, -0.1) is 0 Å². The van der Waals surface area contributed by atoms with Crippen LogP contribution < -0.4 is 14.4 Å². The van der Waals surface area contributed by atoms with E-state index in [9.17, 15) is 9.00 Å². The molecular weight excluding hydrogens is 564 g/mol. The van der Waals surface area contributed by atoms with Gasteiger partial charge in [-0.1, -0.05) is 25.1 Å². The fourth-order valence-electron chi connectivity index (χ4n) is 5.75. The van der Waals surface area contributed by atoms with Crippen molar-refractivity contribution in [2.75, 3.05) is 45.3 Å². The van der Waals surface area contributed by atoms with Gasteiger partial charge in [0.1, 0.15) is 11.5 Å². The number of hydrogen-bond acceptors (Lipinski definition) is 7. The van der Waals surface area contributed by atoms with Crippen LogP contribution in [0.1, 0.15) is 26.7 Å². The zero-order chi connectivity index (χ0) is 30.1. The van der Waals surface area contributed by atoms with E-state index in [1.165, 1.54) is 6.42 Å². The van der Waals surface area contributed by atoms with Gasteiger partial charge in [0.2, 0.25) is 11.6 Å². The summed E-state index contributed by atoms with van der Waals surface area (Å²) in [5.74, 6) is 1.81. The van der Waals surface area contributed by atoms with Gasteiger partial charge in [0, 0.05) is 37.0 Å². The van der Waals surface area contributed by atoms with Crippen LogP contribution in [-0.4, -0.2) is 74.2 Å². The first-order chi connectivity index (χ1) is 20.9. The van der Waals surface area contributed by atoms with Crippen molar-refractivity contribution >= 4 is 44.9 Å². The average molecular weight is 601 g/mol. The van der Waals surface area contributed by atoms with Gasteiger partial charge in [0.15, 0.2) is 16.6 Å². The SMILES string of the molecule is CCN(C(=O)CN1CCCC(C)C1)c1cccc(S(=O)n2c3nc4ccccc4nc3n2-c2cc(OC)cc(OC)c2)c1. The largest absolute Gasteiger partial charge is 0.497 e. The number of amides is 1. The number of nitrogens with zero attached hydrogens (tertiary/aromatic N) is 6. The second kappa shape index (κ2) is 12.2. The van der Waals surface area contributed by atoms with Crippen LogP contribution >= 0.6 is 0 Å². The monoisotopic (exact) mass is 600 g/mol. The summed E-state index contributed by atoms with van der Waals surface area (Å²) in [5.41, 5.74) is 3.87. The number of rotatable bonds is 9. The molecule has 0 aliphatic carbocycles. The Morgan fingerprint density at radius 1 is 0.977 bits per heavy atom. The number of likely N-dealkylation sites (tertiary alicyclic amines) is 1. The lowest BCUT2D eigenvalue weighted by molar-refractivity contribution is -0.120. The molecule has 1 amide bonds. The van der Waals surface area contributed by atoms with Crippen molar-refractivity contribution in [3.63, 3.8) is 0 Å². The van der Waals surface area contributed by atoms with Crippen molar-refractivity contribution in [1.82, 2.24) is 23.6 Å². The van der Waals surface area contributed by atoms with Crippen LogP contribution in [0.4, 0.5) is 5.69 Å². The quantitative estimate of drug-likeness (QED) is 0.234. The highest BCUT2D eigenvalue weighted by Crippen LogP contribution is 2.32. The van der Waals surface area contributed by atoms with Crippen molar-refractivity contribution in [3.05, 3.63) is 66.7 Å². The fraction of sp³-hybridized carbons (Fsp3) is 0.344. The smallest absolute Gasteiger partial charge is 0.241 e. The zero-order valence-corrected chi connectivity index (χ0v) is 25.7. The summed E-state index contributed by atoms with van der Waals surface area (Å²) in [5, 5.41) is 0. The molecule has 224 valence electrons. The standard InChI is InChI=1S/C32H36N6O4S/c1-5-36(30(39)21-35-15-9-10-22(2)20-35)23-11-8-12-27(18-23)43(40)38-32-31(33-28-13-6-7-14-29(28)34-32)37(38)24-16-25(41-3)19-26(17-24)42-4/h6-8,11-14,16-19,22H,5,9-10,15,20-21H2,1-4H3. The van der Waals surface area contributed by atoms with Crippen LogP contribution in [0.15, 0.2) is 71.6 Å². The summed E-state index contributed by atoms with van der Waals surface area (Å²) < 4.78 is 28.8. The Hall–Kier alpha value is -4.22. The van der Waals surface area contributed by atoms with E-state index in [0.29, 0.717) is 63.6 Å². The third-order valence-electron chi connectivity index (χ3n) is 7.88. The number of para-hydroxylation sites is 2. The lowest BCUT2D eigenvalue weighted by Crippen LogP contribution is -2.44. The molecule has 2 aromatic heterocycles. The van der Waals surface area contributed by atoms with E-state index in [4.69, 9.17) is 19.4 Å². The van der Waals surface area contributed by atoms with Crippen LogP contribution in [0.25, 0.3) is 28.0 Å². The number of carbonyl (C=O) groups excluding carboxylic acids is 1. The lowest BCUT2D eigenvalue weighted by atomic mass is 10.0. The molecule has 2 atom stereocenters. The molecule has 0 bridgehead atoms. The molecule has 43 heavy (non-hydrogen) atoms. The summed E-state index contributed by atoms with van der Waals surface area (Å²) in [7, 11) is 1.45. The Morgan fingerprint density at radius 2 is 1.67 bits per heavy atom. The molecule has 6 rings (SSSR count). The first kappa shape index (κ1) is 28.9. The first-order valence-electron chi connectivity index (χ1n) is 14.5. The molecule has 0 radical (unpaired) electrons. The highest BCUT2D eigenvalue weighted by atomic mass is 32.2. The van der Waals surface area contributed by atoms with E-state index in [2.05, 4.69) is 11.8 Å². The molecular formula is C32H36N6O4S. The third-order valence-corrected chi connectivity index (χ3v) is 9.19. The summed E-state index contributed by atoms with van der Waals surface area (Å²) in [6.45, 7) is 6.95. The molecule has 0 saturated carbocycles. The Labute approximate surface area is 253 Å². The van der Waals surface area contributed by atoms with Gasteiger partial charge in [-0.3, -0.25) is 9.69 Å². The second-order valence-corrected chi connectivity index (χ2v) is 12.2. The van der Waals surface area contributed by atoms with Crippen molar-refractivity contribution < 1.29 is 18.5 Å². The predicted molar refractivity (Wildman–Crippen MR) is 169 cm³/mol. The number of benzene rings is 3. The molecule has 1 aliphatic heterocycles.